The first-order valence-electron chi connectivity index (χ1n) is 5.94. The standard InChI is InChI=1S/2C7H10N2O/c1-10-5-2-3-6(8)7(9)4-5;8-5-10-7-3-1-6(9)2-4-7/h2-4H,8-9H2,1H3;1-4H,5,8-9H2. The first kappa shape index (κ1) is 15.5. The van der Waals surface area contributed by atoms with Crippen molar-refractivity contribution in [3.8, 4) is 11.5 Å². The molecule has 0 heterocycles. The Kier molecular flexibility index (Phi) is 5.99. The minimum absolute atomic E-state index is 0.198. The molecule has 2 rings (SSSR count). The molecule has 2 aromatic rings. The van der Waals surface area contributed by atoms with E-state index in [0.29, 0.717) is 11.4 Å². The van der Waals surface area contributed by atoms with Gasteiger partial charge >= 0.3 is 0 Å². The first-order valence-corrected chi connectivity index (χ1v) is 5.94. The molecular weight excluding hydrogens is 256 g/mol. The number of benzene rings is 2. The van der Waals surface area contributed by atoms with Crippen LogP contribution in [0.3, 0.4) is 0 Å². The van der Waals surface area contributed by atoms with Crippen molar-refractivity contribution in [1.82, 2.24) is 0 Å². The highest BCUT2D eigenvalue weighted by molar-refractivity contribution is 5.65. The highest BCUT2D eigenvalue weighted by Crippen LogP contribution is 2.20. The average molecular weight is 276 g/mol. The molecule has 2 aromatic carbocycles. The molecule has 0 amide bonds. The van der Waals surface area contributed by atoms with Crippen LogP contribution in [0.4, 0.5) is 17.1 Å². The Hall–Kier alpha value is -2.60. The van der Waals surface area contributed by atoms with Crippen molar-refractivity contribution in [2.75, 3.05) is 31.0 Å². The van der Waals surface area contributed by atoms with Crippen LogP contribution in [0, 0.1) is 0 Å². The molecule has 0 unspecified atom stereocenters. The van der Waals surface area contributed by atoms with Gasteiger partial charge in [-0.3, -0.25) is 5.73 Å². The van der Waals surface area contributed by atoms with E-state index in [1.165, 1.54) is 0 Å². The maximum atomic E-state index is 5.49. The zero-order chi connectivity index (χ0) is 15.0. The monoisotopic (exact) mass is 276 g/mol. The van der Waals surface area contributed by atoms with E-state index in [2.05, 4.69) is 0 Å². The summed E-state index contributed by atoms with van der Waals surface area (Å²) >= 11 is 0. The molecule has 0 radical (unpaired) electrons. The maximum Gasteiger partial charge on any atom is 0.137 e. The largest absolute Gasteiger partial charge is 0.497 e. The second-order valence-corrected chi connectivity index (χ2v) is 3.87. The molecule has 6 heteroatoms. The average Bonchev–Trinajstić information content (AvgIpc) is 2.45. The SMILES string of the molecule is COc1ccc(N)c(N)c1.NCOc1ccc(N)cc1. The van der Waals surface area contributed by atoms with Gasteiger partial charge in [-0.05, 0) is 36.4 Å². The Labute approximate surface area is 118 Å². The van der Waals surface area contributed by atoms with Crippen LogP contribution in [-0.2, 0) is 0 Å². The van der Waals surface area contributed by atoms with Crippen molar-refractivity contribution in [2.24, 2.45) is 5.73 Å². The number of hydrogen-bond acceptors (Lipinski definition) is 6. The fourth-order valence-electron chi connectivity index (χ4n) is 1.34. The summed E-state index contributed by atoms with van der Waals surface area (Å²) in [5.41, 5.74) is 23.4. The molecule has 0 spiro atoms. The van der Waals surface area contributed by atoms with Crippen molar-refractivity contribution < 1.29 is 9.47 Å². The molecule has 0 saturated heterocycles. The van der Waals surface area contributed by atoms with E-state index in [4.69, 9.17) is 32.4 Å². The minimum Gasteiger partial charge on any atom is -0.497 e. The Morgan fingerprint density at radius 1 is 0.850 bits per heavy atom. The van der Waals surface area contributed by atoms with Gasteiger partial charge in [0.05, 0.1) is 18.5 Å². The van der Waals surface area contributed by atoms with Gasteiger partial charge in [0, 0.05) is 11.8 Å². The fourth-order valence-corrected chi connectivity index (χ4v) is 1.34. The molecule has 0 saturated carbocycles. The lowest BCUT2D eigenvalue weighted by Crippen LogP contribution is -2.06. The zero-order valence-corrected chi connectivity index (χ0v) is 11.4. The second kappa shape index (κ2) is 7.75. The highest BCUT2D eigenvalue weighted by Gasteiger charge is 1.94. The molecule has 0 aliphatic heterocycles. The van der Waals surface area contributed by atoms with Gasteiger partial charge in [-0.15, -0.1) is 0 Å². The van der Waals surface area contributed by atoms with E-state index in [9.17, 15) is 0 Å². The molecule has 0 atom stereocenters. The van der Waals surface area contributed by atoms with Gasteiger partial charge in [0.1, 0.15) is 18.2 Å². The van der Waals surface area contributed by atoms with Crippen LogP contribution >= 0.6 is 0 Å². The van der Waals surface area contributed by atoms with E-state index in [1.807, 2.05) is 0 Å². The Morgan fingerprint density at radius 3 is 1.95 bits per heavy atom. The summed E-state index contributed by atoms with van der Waals surface area (Å²) in [6, 6.07) is 12.3. The number of nitrogen functional groups attached to an aromatic ring is 3. The van der Waals surface area contributed by atoms with Crippen molar-refractivity contribution in [3.05, 3.63) is 42.5 Å². The molecular formula is C14H20N4O2. The van der Waals surface area contributed by atoms with Gasteiger partial charge in [-0.2, -0.15) is 0 Å². The molecule has 0 aliphatic rings. The number of nitrogens with two attached hydrogens (primary N) is 4. The molecule has 0 aromatic heterocycles. The molecule has 0 aliphatic carbocycles. The van der Waals surface area contributed by atoms with Gasteiger partial charge in [0.25, 0.3) is 0 Å². The Bertz CT molecular complexity index is 529. The lowest BCUT2D eigenvalue weighted by Gasteiger charge is -2.02. The number of anilines is 3. The minimum atomic E-state index is 0.198. The summed E-state index contributed by atoms with van der Waals surface area (Å²) in [4.78, 5) is 0. The third-order valence-electron chi connectivity index (χ3n) is 2.42. The summed E-state index contributed by atoms with van der Waals surface area (Å²) in [6.45, 7) is 0.198. The number of ether oxygens (including phenoxy) is 2. The number of rotatable bonds is 3. The van der Waals surface area contributed by atoms with E-state index in [1.54, 1.807) is 49.6 Å². The summed E-state index contributed by atoms with van der Waals surface area (Å²) in [5.74, 6) is 1.48. The van der Waals surface area contributed by atoms with Crippen LogP contribution in [0.1, 0.15) is 0 Å². The van der Waals surface area contributed by atoms with Crippen LogP contribution in [0.15, 0.2) is 42.5 Å². The van der Waals surface area contributed by atoms with Gasteiger partial charge < -0.3 is 26.7 Å². The second-order valence-electron chi connectivity index (χ2n) is 3.87. The Balaban J connectivity index is 0.000000200. The van der Waals surface area contributed by atoms with Gasteiger partial charge in [-0.1, -0.05) is 0 Å². The topological polar surface area (TPSA) is 123 Å². The van der Waals surface area contributed by atoms with E-state index in [0.717, 1.165) is 17.2 Å². The van der Waals surface area contributed by atoms with Crippen molar-refractivity contribution in [3.63, 3.8) is 0 Å². The zero-order valence-electron chi connectivity index (χ0n) is 11.4. The number of hydrogen-bond donors (Lipinski definition) is 4. The lowest BCUT2D eigenvalue weighted by atomic mass is 10.2. The molecule has 6 nitrogen and oxygen atoms in total. The van der Waals surface area contributed by atoms with Crippen LogP contribution in [-0.4, -0.2) is 13.8 Å². The Morgan fingerprint density at radius 2 is 1.45 bits per heavy atom. The van der Waals surface area contributed by atoms with Crippen molar-refractivity contribution in [1.29, 1.82) is 0 Å². The van der Waals surface area contributed by atoms with Gasteiger partial charge in [0.15, 0.2) is 0 Å². The lowest BCUT2D eigenvalue weighted by molar-refractivity contribution is 0.330. The third kappa shape index (κ3) is 4.95. The first-order chi connectivity index (χ1) is 9.56. The normalized spacial score (nSPS) is 9.30. The van der Waals surface area contributed by atoms with E-state index < -0.39 is 0 Å². The third-order valence-corrected chi connectivity index (χ3v) is 2.42. The summed E-state index contributed by atoms with van der Waals surface area (Å²) in [6.07, 6.45) is 0. The highest BCUT2D eigenvalue weighted by atomic mass is 16.5. The molecule has 8 N–H and O–H groups in total. The van der Waals surface area contributed by atoms with Crippen LogP contribution in [0.25, 0.3) is 0 Å². The van der Waals surface area contributed by atoms with Gasteiger partial charge in [0.2, 0.25) is 0 Å². The molecule has 0 bridgehead atoms. The summed E-state index contributed by atoms with van der Waals surface area (Å²) < 4.78 is 9.90. The quantitative estimate of drug-likeness (QED) is 0.496. The summed E-state index contributed by atoms with van der Waals surface area (Å²) in [5, 5.41) is 0. The van der Waals surface area contributed by atoms with Crippen LogP contribution in [0.5, 0.6) is 11.5 Å². The van der Waals surface area contributed by atoms with Crippen molar-refractivity contribution >= 4 is 17.1 Å². The maximum absolute atomic E-state index is 5.49. The predicted octanol–water partition coefficient (Wildman–Crippen LogP) is 1.42. The molecule has 108 valence electrons. The van der Waals surface area contributed by atoms with E-state index in [-0.39, 0.29) is 6.73 Å². The van der Waals surface area contributed by atoms with Gasteiger partial charge in [-0.25, -0.2) is 0 Å². The number of methoxy groups -OCH3 is 1. The fraction of sp³-hybridized carbons (Fsp3) is 0.143. The van der Waals surface area contributed by atoms with Crippen LogP contribution in [0.2, 0.25) is 0 Å². The molecule has 0 fully saturated rings. The smallest absolute Gasteiger partial charge is 0.137 e. The van der Waals surface area contributed by atoms with Crippen molar-refractivity contribution in [2.45, 2.75) is 0 Å². The predicted molar refractivity (Wildman–Crippen MR) is 82.4 cm³/mol. The van der Waals surface area contributed by atoms with Crippen LogP contribution < -0.4 is 32.4 Å². The molecule has 20 heavy (non-hydrogen) atoms. The van der Waals surface area contributed by atoms with E-state index >= 15 is 0 Å². The summed E-state index contributed by atoms with van der Waals surface area (Å²) in [7, 11) is 1.59.